The summed E-state index contributed by atoms with van der Waals surface area (Å²) in [7, 11) is 0. The number of hydrogen-bond donors (Lipinski definition) is 0. The maximum absolute atomic E-state index is 6.53. The first-order valence-electron chi connectivity index (χ1n) is 21.7. The van der Waals surface area contributed by atoms with Crippen molar-refractivity contribution in [2.45, 2.75) is 0 Å². The van der Waals surface area contributed by atoms with E-state index in [4.69, 9.17) is 8.83 Å². The number of anilines is 3. The smallest absolute Gasteiger partial charge is 0.143 e. The summed E-state index contributed by atoms with van der Waals surface area (Å²) in [5, 5.41) is 6.86. The van der Waals surface area contributed by atoms with E-state index >= 15 is 0 Å². The maximum atomic E-state index is 6.53. The van der Waals surface area contributed by atoms with Crippen LogP contribution in [0.3, 0.4) is 0 Å². The van der Waals surface area contributed by atoms with E-state index in [0.717, 1.165) is 106 Å². The van der Waals surface area contributed by atoms with Gasteiger partial charge in [-0.1, -0.05) is 158 Å². The number of aromatic nitrogens is 1. The lowest BCUT2D eigenvalue weighted by molar-refractivity contribution is 0.669. The Bertz CT molecular complexity index is 3880. The number of nitrogens with zero attached hydrogens (tertiary/aromatic N) is 2. The van der Waals surface area contributed by atoms with Crippen LogP contribution in [0.15, 0.2) is 239 Å². The van der Waals surface area contributed by atoms with E-state index in [1.54, 1.807) is 0 Å². The number of fused-ring (bicyclic) bond motifs is 9. The molecule has 4 heteroatoms. The fourth-order valence-corrected chi connectivity index (χ4v) is 9.86. The summed E-state index contributed by atoms with van der Waals surface area (Å²) in [6.07, 6.45) is 0. The molecule has 3 aromatic heterocycles. The van der Waals surface area contributed by atoms with E-state index in [-0.39, 0.29) is 0 Å². The minimum Gasteiger partial charge on any atom is -0.455 e. The molecule has 4 nitrogen and oxygen atoms in total. The molecular formula is C60H38N2O2. The second-order valence-electron chi connectivity index (χ2n) is 16.4. The standard InChI is InChI=1S/C60H38N2O2/c1-3-14-40(15-4-1)46-20-12-23-50-52-38-42(32-37-57(52)64-60(46)50)39-28-33-44(34-29-39)61(45-35-30-41(31-36-45)47-21-11-22-49-48-18-8-10-27-56(48)63-59(47)49)54-25-13-26-55-58(54)51-19-7-9-24-53(51)62(55)43-16-5-2-6-17-43/h1-38H. The van der Waals surface area contributed by atoms with Crippen molar-refractivity contribution in [3.8, 4) is 39.1 Å². The summed E-state index contributed by atoms with van der Waals surface area (Å²) in [4.78, 5) is 2.40. The molecule has 0 N–H and O–H groups in total. The van der Waals surface area contributed by atoms with Crippen LogP contribution < -0.4 is 4.90 Å². The Morgan fingerprint density at radius 2 is 0.844 bits per heavy atom. The SMILES string of the molecule is c1ccc(-c2cccc3c2oc2ccc(-c4ccc(N(c5ccc(-c6cccc7c6oc6ccccc67)cc5)c5cccc6c5c5ccccc5n6-c5ccccc5)cc4)cc23)cc1. The molecule has 13 aromatic rings. The van der Waals surface area contributed by atoms with Gasteiger partial charge < -0.3 is 18.3 Å². The second kappa shape index (κ2) is 14.5. The van der Waals surface area contributed by atoms with Crippen LogP contribution in [0.5, 0.6) is 0 Å². The molecule has 0 aliphatic carbocycles. The molecule has 3 heterocycles. The van der Waals surface area contributed by atoms with Crippen molar-refractivity contribution in [2.75, 3.05) is 4.90 Å². The van der Waals surface area contributed by atoms with Crippen LogP contribution >= 0.6 is 0 Å². The molecule has 0 amide bonds. The number of hydrogen-bond acceptors (Lipinski definition) is 3. The Balaban J connectivity index is 0.957. The van der Waals surface area contributed by atoms with Crippen LogP contribution in [0.4, 0.5) is 17.1 Å². The lowest BCUT2D eigenvalue weighted by Crippen LogP contribution is -2.10. The van der Waals surface area contributed by atoms with Crippen LogP contribution in [-0.2, 0) is 0 Å². The third-order valence-corrected chi connectivity index (χ3v) is 12.8. The van der Waals surface area contributed by atoms with E-state index < -0.39 is 0 Å². The lowest BCUT2D eigenvalue weighted by Gasteiger charge is -2.27. The van der Waals surface area contributed by atoms with Crippen LogP contribution in [0.1, 0.15) is 0 Å². The molecule has 300 valence electrons. The van der Waals surface area contributed by atoms with Crippen LogP contribution in [-0.4, -0.2) is 4.57 Å². The van der Waals surface area contributed by atoms with Gasteiger partial charge in [0.25, 0.3) is 0 Å². The third-order valence-electron chi connectivity index (χ3n) is 12.8. The molecule has 13 rings (SSSR count). The van der Waals surface area contributed by atoms with Crippen LogP contribution in [0.25, 0.3) is 105 Å². The molecule has 10 aromatic carbocycles. The van der Waals surface area contributed by atoms with Gasteiger partial charge in [0.2, 0.25) is 0 Å². The highest BCUT2D eigenvalue weighted by atomic mass is 16.3. The van der Waals surface area contributed by atoms with E-state index in [1.807, 2.05) is 18.2 Å². The zero-order valence-corrected chi connectivity index (χ0v) is 34.7. The number of para-hydroxylation sites is 5. The van der Waals surface area contributed by atoms with Crippen LogP contribution in [0.2, 0.25) is 0 Å². The van der Waals surface area contributed by atoms with Crippen molar-refractivity contribution >= 4 is 82.7 Å². The minimum absolute atomic E-state index is 0.882. The minimum atomic E-state index is 0.882. The molecule has 0 fully saturated rings. The van der Waals surface area contributed by atoms with Gasteiger partial charge in [0, 0.05) is 60.5 Å². The van der Waals surface area contributed by atoms with Gasteiger partial charge in [-0.25, -0.2) is 0 Å². The Hall–Kier alpha value is -8.60. The van der Waals surface area contributed by atoms with Gasteiger partial charge >= 0.3 is 0 Å². The Morgan fingerprint density at radius 1 is 0.328 bits per heavy atom. The molecule has 0 saturated heterocycles. The molecule has 0 radical (unpaired) electrons. The summed E-state index contributed by atoms with van der Waals surface area (Å²) in [5.74, 6) is 0. The highest BCUT2D eigenvalue weighted by molar-refractivity contribution is 6.17. The number of rotatable bonds is 7. The van der Waals surface area contributed by atoms with Gasteiger partial charge in [-0.2, -0.15) is 0 Å². The monoisotopic (exact) mass is 818 g/mol. The molecule has 0 bridgehead atoms. The van der Waals surface area contributed by atoms with Crippen molar-refractivity contribution in [1.82, 2.24) is 4.57 Å². The molecule has 64 heavy (non-hydrogen) atoms. The Labute approximate surface area is 369 Å². The average molecular weight is 819 g/mol. The van der Waals surface area contributed by atoms with Gasteiger partial charge in [0.1, 0.15) is 22.3 Å². The zero-order chi connectivity index (χ0) is 42.1. The average Bonchev–Trinajstić information content (AvgIpc) is 4.05. The lowest BCUT2D eigenvalue weighted by atomic mass is 9.99. The highest BCUT2D eigenvalue weighted by Crippen LogP contribution is 2.45. The summed E-state index contributed by atoms with van der Waals surface area (Å²) in [6.45, 7) is 0. The van der Waals surface area contributed by atoms with Gasteiger partial charge in [-0.15, -0.1) is 0 Å². The van der Waals surface area contributed by atoms with E-state index in [9.17, 15) is 0 Å². The van der Waals surface area contributed by atoms with Crippen LogP contribution in [0, 0.1) is 0 Å². The molecule has 0 aliphatic heterocycles. The first-order chi connectivity index (χ1) is 31.7. The molecule has 0 saturated carbocycles. The second-order valence-corrected chi connectivity index (χ2v) is 16.4. The molecule has 0 aliphatic rings. The Morgan fingerprint density at radius 3 is 1.56 bits per heavy atom. The van der Waals surface area contributed by atoms with Gasteiger partial charge in [-0.3, -0.25) is 0 Å². The third kappa shape index (κ3) is 5.70. The van der Waals surface area contributed by atoms with Crippen molar-refractivity contribution in [1.29, 1.82) is 0 Å². The topological polar surface area (TPSA) is 34.5 Å². The fraction of sp³-hybridized carbons (Fsp3) is 0. The normalized spacial score (nSPS) is 11.8. The van der Waals surface area contributed by atoms with Crippen molar-refractivity contribution in [2.24, 2.45) is 0 Å². The molecular weight excluding hydrogens is 781 g/mol. The number of benzene rings is 10. The van der Waals surface area contributed by atoms with Gasteiger partial charge in [0.05, 0.1) is 16.7 Å². The van der Waals surface area contributed by atoms with Crippen molar-refractivity contribution in [3.63, 3.8) is 0 Å². The van der Waals surface area contributed by atoms with Gasteiger partial charge in [-0.05, 0) is 95.1 Å². The van der Waals surface area contributed by atoms with E-state index in [2.05, 4.69) is 222 Å². The molecule has 0 atom stereocenters. The van der Waals surface area contributed by atoms with Crippen molar-refractivity contribution < 1.29 is 8.83 Å². The summed E-state index contributed by atoms with van der Waals surface area (Å²) >= 11 is 0. The number of furan rings is 2. The Kier molecular flexibility index (Phi) is 8.18. The quantitative estimate of drug-likeness (QED) is 0.161. The van der Waals surface area contributed by atoms with E-state index in [1.165, 1.54) is 16.3 Å². The van der Waals surface area contributed by atoms with Gasteiger partial charge in [0.15, 0.2) is 0 Å². The van der Waals surface area contributed by atoms with Crippen molar-refractivity contribution in [3.05, 3.63) is 231 Å². The summed E-state index contributed by atoms with van der Waals surface area (Å²) < 4.78 is 15.4. The molecule has 0 unspecified atom stereocenters. The first-order valence-corrected chi connectivity index (χ1v) is 21.7. The predicted molar refractivity (Wildman–Crippen MR) is 266 cm³/mol. The first kappa shape index (κ1) is 36.1. The zero-order valence-electron chi connectivity index (χ0n) is 34.7. The largest absolute Gasteiger partial charge is 0.455 e. The molecule has 0 spiro atoms. The predicted octanol–water partition coefficient (Wildman–Crippen LogP) is 17.1. The fourth-order valence-electron chi connectivity index (χ4n) is 9.86. The highest BCUT2D eigenvalue weighted by Gasteiger charge is 2.22. The van der Waals surface area contributed by atoms with E-state index in [0.29, 0.717) is 0 Å². The maximum Gasteiger partial charge on any atom is 0.143 e. The summed E-state index contributed by atoms with van der Waals surface area (Å²) in [6, 6.07) is 82.1. The summed E-state index contributed by atoms with van der Waals surface area (Å²) in [5.41, 5.74) is 16.9.